The average molecular weight is 301 g/mol. The van der Waals surface area contributed by atoms with Crippen LogP contribution in [0.5, 0.6) is 0 Å². The maximum absolute atomic E-state index is 12.1. The summed E-state index contributed by atoms with van der Waals surface area (Å²) in [6, 6.07) is 6.58. The van der Waals surface area contributed by atoms with E-state index in [0.717, 1.165) is 12.0 Å². The van der Waals surface area contributed by atoms with Gasteiger partial charge >= 0.3 is 0 Å². The predicted octanol–water partition coefficient (Wildman–Crippen LogP) is 1.31. The van der Waals surface area contributed by atoms with Crippen LogP contribution in [0, 0.1) is 0 Å². The van der Waals surface area contributed by atoms with Gasteiger partial charge in [-0.3, -0.25) is 0 Å². The van der Waals surface area contributed by atoms with Crippen molar-refractivity contribution in [3.05, 3.63) is 29.8 Å². The van der Waals surface area contributed by atoms with E-state index >= 15 is 0 Å². The van der Waals surface area contributed by atoms with Crippen LogP contribution in [0.4, 0.5) is 0 Å². The molecule has 0 radical (unpaired) electrons. The molecular weight excluding hydrogens is 278 g/mol. The maximum atomic E-state index is 12.1. The Morgan fingerprint density at radius 2 is 1.95 bits per heavy atom. The number of aryl methyl sites for hydroxylation is 1. The third-order valence-electron chi connectivity index (χ3n) is 2.97. The number of nitrogens with one attached hydrogen (secondary N) is 1. The SMILES string of the molecule is COCCC(C)NS(=O)(=O)c1ccc(CCCO)cc1. The molecule has 114 valence electrons. The molecule has 0 aromatic heterocycles. The fraction of sp³-hybridized carbons (Fsp3) is 0.571. The monoisotopic (exact) mass is 301 g/mol. The summed E-state index contributed by atoms with van der Waals surface area (Å²) in [5.74, 6) is 0. The van der Waals surface area contributed by atoms with Crippen molar-refractivity contribution in [1.29, 1.82) is 0 Å². The summed E-state index contributed by atoms with van der Waals surface area (Å²) in [6.07, 6.45) is 2.05. The van der Waals surface area contributed by atoms with Gasteiger partial charge in [0.1, 0.15) is 0 Å². The van der Waals surface area contributed by atoms with E-state index in [0.29, 0.717) is 19.4 Å². The van der Waals surface area contributed by atoms with E-state index in [2.05, 4.69) is 4.72 Å². The molecule has 1 rings (SSSR count). The van der Waals surface area contributed by atoms with Crippen LogP contribution in [0.25, 0.3) is 0 Å². The van der Waals surface area contributed by atoms with Crippen LogP contribution in [-0.2, 0) is 21.2 Å². The van der Waals surface area contributed by atoms with Gasteiger partial charge in [0, 0.05) is 26.4 Å². The number of ether oxygens (including phenoxy) is 1. The van der Waals surface area contributed by atoms with E-state index in [1.807, 2.05) is 6.92 Å². The second kappa shape index (κ2) is 8.36. The number of aliphatic hydroxyl groups excluding tert-OH is 1. The number of benzene rings is 1. The number of aliphatic hydroxyl groups is 1. The van der Waals surface area contributed by atoms with Gasteiger partial charge in [0.15, 0.2) is 0 Å². The molecule has 1 atom stereocenters. The zero-order valence-corrected chi connectivity index (χ0v) is 12.8. The summed E-state index contributed by atoms with van der Waals surface area (Å²) in [4.78, 5) is 0.259. The Morgan fingerprint density at radius 3 is 2.50 bits per heavy atom. The molecule has 0 heterocycles. The zero-order valence-electron chi connectivity index (χ0n) is 12.0. The van der Waals surface area contributed by atoms with Gasteiger partial charge in [-0.1, -0.05) is 12.1 Å². The molecule has 0 saturated heterocycles. The quantitative estimate of drug-likeness (QED) is 0.721. The van der Waals surface area contributed by atoms with Gasteiger partial charge in [0.2, 0.25) is 10.0 Å². The summed E-state index contributed by atoms with van der Waals surface area (Å²) in [5, 5.41) is 8.77. The van der Waals surface area contributed by atoms with Crippen LogP contribution in [0.2, 0.25) is 0 Å². The minimum Gasteiger partial charge on any atom is -0.396 e. The Bertz CT molecular complexity index is 484. The molecule has 1 unspecified atom stereocenters. The fourth-order valence-corrected chi connectivity index (χ4v) is 3.08. The first-order valence-corrected chi connectivity index (χ1v) is 8.19. The first kappa shape index (κ1) is 17.1. The summed E-state index contributed by atoms with van der Waals surface area (Å²) in [6.45, 7) is 2.47. The molecule has 0 amide bonds. The molecule has 0 bridgehead atoms. The number of rotatable bonds is 9. The van der Waals surface area contributed by atoms with Gasteiger partial charge in [-0.05, 0) is 43.9 Å². The molecule has 6 heteroatoms. The lowest BCUT2D eigenvalue weighted by atomic mass is 10.1. The van der Waals surface area contributed by atoms with Crippen molar-refractivity contribution in [3.8, 4) is 0 Å². The first-order valence-electron chi connectivity index (χ1n) is 6.70. The maximum Gasteiger partial charge on any atom is 0.240 e. The Hall–Kier alpha value is -0.950. The normalized spacial score (nSPS) is 13.3. The summed E-state index contributed by atoms with van der Waals surface area (Å²) < 4.78 is 31.8. The van der Waals surface area contributed by atoms with E-state index in [4.69, 9.17) is 9.84 Å². The van der Waals surface area contributed by atoms with Gasteiger partial charge in [-0.15, -0.1) is 0 Å². The van der Waals surface area contributed by atoms with Crippen molar-refractivity contribution >= 4 is 10.0 Å². The first-order chi connectivity index (χ1) is 9.49. The lowest BCUT2D eigenvalue weighted by Crippen LogP contribution is -2.33. The highest BCUT2D eigenvalue weighted by atomic mass is 32.2. The number of hydrogen-bond acceptors (Lipinski definition) is 4. The standard InChI is InChI=1S/C14H23NO4S/c1-12(9-11-19-2)15-20(17,18)14-7-5-13(6-8-14)4-3-10-16/h5-8,12,15-16H,3-4,9-11H2,1-2H3. The molecule has 2 N–H and O–H groups in total. The van der Waals surface area contributed by atoms with E-state index in [9.17, 15) is 8.42 Å². The topological polar surface area (TPSA) is 75.6 Å². The van der Waals surface area contributed by atoms with Gasteiger partial charge in [0.25, 0.3) is 0 Å². The molecular formula is C14H23NO4S. The number of hydrogen-bond donors (Lipinski definition) is 2. The van der Waals surface area contributed by atoms with Crippen molar-refractivity contribution < 1.29 is 18.3 Å². The third kappa shape index (κ3) is 5.58. The zero-order chi connectivity index (χ0) is 15.0. The van der Waals surface area contributed by atoms with Crippen molar-refractivity contribution in [1.82, 2.24) is 4.72 Å². The van der Waals surface area contributed by atoms with E-state index in [1.165, 1.54) is 0 Å². The van der Waals surface area contributed by atoms with Crippen molar-refractivity contribution in [2.45, 2.75) is 37.1 Å². The molecule has 1 aromatic rings. The Balaban J connectivity index is 2.67. The minimum atomic E-state index is -3.48. The fourth-order valence-electron chi connectivity index (χ4n) is 1.80. The smallest absolute Gasteiger partial charge is 0.240 e. The van der Waals surface area contributed by atoms with Gasteiger partial charge in [-0.2, -0.15) is 0 Å². The molecule has 20 heavy (non-hydrogen) atoms. The van der Waals surface area contributed by atoms with Crippen LogP contribution < -0.4 is 4.72 Å². The lowest BCUT2D eigenvalue weighted by molar-refractivity contribution is 0.188. The third-order valence-corrected chi connectivity index (χ3v) is 4.57. The predicted molar refractivity (Wildman–Crippen MR) is 78.1 cm³/mol. The molecule has 0 aliphatic rings. The molecule has 0 aliphatic heterocycles. The molecule has 0 fully saturated rings. The number of methoxy groups -OCH3 is 1. The molecule has 1 aromatic carbocycles. The van der Waals surface area contributed by atoms with Crippen LogP contribution in [0.1, 0.15) is 25.3 Å². The Labute approximate surface area is 121 Å². The second-order valence-electron chi connectivity index (χ2n) is 4.77. The summed E-state index contributed by atoms with van der Waals surface area (Å²) in [7, 11) is -1.89. The Morgan fingerprint density at radius 1 is 1.30 bits per heavy atom. The van der Waals surface area contributed by atoms with E-state index in [-0.39, 0.29) is 17.5 Å². The summed E-state index contributed by atoms with van der Waals surface area (Å²) >= 11 is 0. The lowest BCUT2D eigenvalue weighted by Gasteiger charge is -2.14. The van der Waals surface area contributed by atoms with E-state index in [1.54, 1.807) is 31.4 Å². The largest absolute Gasteiger partial charge is 0.396 e. The molecule has 0 saturated carbocycles. The van der Waals surface area contributed by atoms with Gasteiger partial charge < -0.3 is 9.84 Å². The molecule has 0 aliphatic carbocycles. The Kier molecular flexibility index (Phi) is 7.15. The van der Waals surface area contributed by atoms with Crippen molar-refractivity contribution in [3.63, 3.8) is 0 Å². The van der Waals surface area contributed by atoms with Crippen molar-refractivity contribution in [2.75, 3.05) is 20.3 Å². The van der Waals surface area contributed by atoms with Crippen LogP contribution >= 0.6 is 0 Å². The van der Waals surface area contributed by atoms with Crippen molar-refractivity contribution in [2.24, 2.45) is 0 Å². The molecule has 0 spiro atoms. The van der Waals surface area contributed by atoms with Crippen LogP contribution in [0.15, 0.2) is 29.2 Å². The highest BCUT2D eigenvalue weighted by molar-refractivity contribution is 7.89. The van der Waals surface area contributed by atoms with E-state index < -0.39 is 10.0 Å². The summed E-state index contributed by atoms with van der Waals surface area (Å²) in [5.41, 5.74) is 1.02. The van der Waals surface area contributed by atoms with Gasteiger partial charge in [-0.25, -0.2) is 13.1 Å². The van der Waals surface area contributed by atoms with Crippen LogP contribution in [0.3, 0.4) is 0 Å². The van der Waals surface area contributed by atoms with Crippen LogP contribution in [-0.4, -0.2) is 39.9 Å². The average Bonchev–Trinajstić information content (AvgIpc) is 2.43. The highest BCUT2D eigenvalue weighted by Crippen LogP contribution is 2.12. The highest BCUT2D eigenvalue weighted by Gasteiger charge is 2.16. The number of sulfonamides is 1. The van der Waals surface area contributed by atoms with Gasteiger partial charge in [0.05, 0.1) is 4.90 Å². The molecule has 5 nitrogen and oxygen atoms in total. The minimum absolute atomic E-state index is 0.138. The second-order valence-corrected chi connectivity index (χ2v) is 6.49.